The van der Waals surface area contributed by atoms with E-state index in [4.69, 9.17) is 9.47 Å². The van der Waals surface area contributed by atoms with Gasteiger partial charge in [0.2, 0.25) is 0 Å². The van der Waals surface area contributed by atoms with Crippen LogP contribution in [0.4, 0.5) is 4.39 Å². The molecule has 1 N–H and O–H groups in total. The fraction of sp³-hybridized carbons (Fsp3) is 0.533. The Labute approximate surface area is 119 Å². The Morgan fingerprint density at radius 2 is 1.95 bits per heavy atom. The Kier molecular flexibility index (Phi) is 7.01. The molecular weight excluding hydrogens is 261 g/mol. The normalized spacial score (nSPS) is 12.2. The SMILES string of the molecule is COC(=O)C(CC(C)C)NCCOc1ccc(F)cc1. The number of hydrogen-bond donors (Lipinski definition) is 1. The summed E-state index contributed by atoms with van der Waals surface area (Å²) in [5, 5.41) is 3.11. The molecule has 0 aliphatic rings. The molecule has 0 radical (unpaired) electrons. The molecule has 112 valence electrons. The van der Waals surface area contributed by atoms with Crippen molar-refractivity contribution in [3.63, 3.8) is 0 Å². The third-order valence-corrected chi connectivity index (χ3v) is 2.77. The number of hydrogen-bond acceptors (Lipinski definition) is 4. The molecule has 5 heteroatoms. The van der Waals surface area contributed by atoms with Crippen molar-refractivity contribution in [2.45, 2.75) is 26.3 Å². The quantitative estimate of drug-likeness (QED) is 0.588. The Balaban J connectivity index is 2.33. The predicted octanol–water partition coefficient (Wildman–Crippen LogP) is 2.38. The molecule has 0 saturated heterocycles. The van der Waals surface area contributed by atoms with Crippen molar-refractivity contribution in [1.82, 2.24) is 5.32 Å². The molecule has 20 heavy (non-hydrogen) atoms. The largest absolute Gasteiger partial charge is 0.492 e. The van der Waals surface area contributed by atoms with E-state index in [1.807, 2.05) is 13.8 Å². The second kappa shape index (κ2) is 8.53. The van der Waals surface area contributed by atoms with E-state index in [2.05, 4.69) is 5.32 Å². The standard InChI is InChI=1S/C15H22FNO3/c1-11(2)10-14(15(18)19-3)17-8-9-20-13-6-4-12(16)5-7-13/h4-7,11,14,17H,8-10H2,1-3H3. The van der Waals surface area contributed by atoms with Crippen LogP contribution in [0.2, 0.25) is 0 Å². The van der Waals surface area contributed by atoms with E-state index in [-0.39, 0.29) is 17.8 Å². The highest BCUT2D eigenvalue weighted by Gasteiger charge is 2.19. The van der Waals surface area contributed by atoms with Gasteiger partial charge in [0, 0.05) is 6.54 Å². The number of carbonyl (C=O) groups excluding carboxylic acids is 1. The first-order valence-electron chi connectivity index (χ1n) is 6.72. The molecule has 0 fully saturated rings. The van der Waals surface area contributed by atoms with Crippen molar-refractivity contribution in [2.75, 3.05) is 20.3 Å². The molecule has 4 nitrogen and oxygen atoms in total. The molecule has 0 aliphatic carbocycles. The van der Waals surface area contributed by atoms with Crippen LogP contribution in [0.25, 0.3) is 0 Å². The minimum atomic E-state index is -0.322. The van der Waals surface area contributed by atoms with Crippen molar-refractivity contribution < 1.29 is 18.7 Å². The lowest BCUT2D eigenvalue weighted by Gasteiger charge is -2.18. The first-order valence-corrected chi connectivity index (χ1v) is 6.72. The highest BCUT2D eigenvalue weighted by Crippen LogP contribution is 2.10. The average Bonchev–Trinajstić information content (AvgIpc) is 2.43. The first-order chi connectivity index (χ1) is 9.52. The van der Waals surface area contributed by atoms with Gasteiger partial charge in [-0.15, -0.1) is 0 Å². The van der Waals surface area contributed by atoms with Crippen LogP contribution in [0.15, 0.2) is 24.3 Å². The fourth-order valence-electron chi connectivity index (χ4n) is 1.81. The lowest BCUT2D eigenvalue weighted by molar-refractivity contribution is -0.143. The van der Waals surface area contributed by atoms with Crippen LogP contribution in [0.5, 0.6) is 5.75 Å². The lowest BCUT2D eigenvalue weighted by atomic mass is 10.0. The van der Waals surface area contributed by atoms with Gasteiger partial charge in [0.1, 0.15) is 24.2 Å². The van der Waals surface area contributed by atoms with E-state index in [1.54, 1.807) is 12.1 Å². The molecule has 0 amide bonds. The van der Waals surface area contributed by atoms with Gasteiger partial charge in [-0.2, -0.15) is 0 Å². The molecule has 1 aromatic rings. The zero-order valence-electron chi connectivity index (χ0n) is 12.2. The van der Waals surface area contributed by atoms with Crippen molar-refractivity contribution >= 4 is 5.97 Å². The number of ether oxygens (including phenoxy) is 2. The van der Waals surface area contributed by atoms with Crippen LogP contribution in [0, 0.1) is 11.7 Å². The number of rotatable bonds is 8. The zero-order chi connectivity index (χ0) is 15.0. The van der Waals surface area contributed by atoms with Crippen molar-refractivity contribution in [2.24, 2.45) is 5.92 Å². The van der Waals surface area contributed by atoms with Crippen LogP contribution in [-0.2, 0) is 9.53 Å². The minimum Gasteiger partial charge on any atom is -0.492 e. The fourth-order valence-corrected chi connectivity index (χ4v) is 1.81. The monoisotopic (exact) mass is 283 g/mol. The maximum atomic E-state index is 12.7. The van der Waals surface area contributed by atoms with Gasteiger partial charge >= 0.3 is 5.97 Å². The van der Waals surface area contributed by atoms with E-state index >= 15 is 0 Å². The van der Waals surface area contributed by atoms with Gasteiger partial charge in [0.15, 0.2) is 0 Å². The highest BCUT2D eigenvalue weighted by molar-refractivity contribution is 5.75. The molecule has 0 bridgehead atoms. The summed E-state index contributed by atoms with van der Waals surface area (Å²) in [6.45, 7) is 5.01. The highest BCUT2D eigenvalue weighted by atomic mass is 19.1. The molecule has 0 saturated carbocycles. The van der Waals surface area contributed by atoms with Gasteiger partial charge in [-0.25, -0.2) is 4.39 Å². The smallest absolute Gasteiger partial charge is 0.322 e. The Morgan fingerprint density at radius 1 is 1.30 bits per heavy atom. The van der Waals surface area contributed by atoms with Crippen LogP contribution < -0.4 is 10.1 Å². The zero-order valence-corrected chi connectivity index (χ0v) is 12.2. The van der Waals surface area contributed by atoms with E-state index in [0.717, 1.165) is 0 Å². The summed E-state index contributed by atoms with van der Waals surface area (Å²) in [4.78, 5) is 11.6. The van der Waals surface area contributed by atoms with Crippen LogP contribution in [0.3, 0.4) is 0 Å². The van der Waals surface area contributed by atoms with Crippen LogP contribution >= 0.6 is 0 Å². The van der Waals surface area contributed by atoms with E-state index in [1.165, 1.54) is 19.2 Å². The number of benzene rings is 1. The van der Waals surface area contributed by atoms with Crippen molar-refractivity contribution in [1.29, 1.82) is 0 Å². The Morgan fingerprint density at radius 3 is 2.50 bits per heavy atom. The average molecular weight is 283 g/mol. The summed E-state index contributed by atoms with van der Waals surface area (Å²) in [6.07, 6.45) is 0.712. The summed E-state index contributed by atoms with van der Waals surface area (Å²) in [5.41, 5.74) is 0. The summed E-state index contributed by atoms with van der Waals surface area (Å²) < 4.78 is 22.9. The molecule has 1 rings (SSSR count). The number of carbonyl (C=O) groups is 1. The summed E-state index contributed by atoms with van der Waals surface area (Å²) >= 11 is 0. The van der Waals surface area contributed by atoms with Gasteiger partial charge in [0.25, 0.3) is 0 Å². The molecule has 1 atom stereocenters. The van der Waals surface area contributed by atoms with Gasteiger partial charge in [-0.3, -0.25) is 4.79 Å². The predicted molar refractivity (Wildman–Crippen MR) is 75.2 cm³/mol. The maximum Gasteiger partial charge on any atom is 0.322 e. The van der Waals surface area contributed by atoms with Crippen molar-refractivity contribution in [3.05, 3.63) is 30.1 Å². The van der Waals surface area contributed by atoms with Gasteiger partial charge in [0.05, 0.1) is 7.11 Å². The van der Waals surface area contributed by atoms with Gasteiger partial charge in [-0.1, -0.05) is 13.8 Å². The number of halogens is 1. The van der Waals surface area contributed by atoms with Crippen molar-refractivity contribution in [3.8, 4) is 5.75 Å². The van der Waals surface area contributed by atoms with E-state index < -0.39 is 0 Å². The molecule has 1 unspecified atom stereocenters. The number of methoxy groups -OCH3 is 1. The van der Waals surface area contributed by atoms with Crippen LogP contribution in [0.1, 0.15) is 20.3 Å². The molecule has 0 aromatic heterocycles. The maximum absolute atomic E-state index is 12.7. The first kappa shape index (κ1) is 16.4. The molecular formula is C15H22FNO3. The molecule has 1 aromatic carbocycles. The van der Waals surface area contributed by atoms with E-state index in [9.17, 15) is 9.18 Å². The Hall–Kier alpha value is -1.62. The van der Waals surface area contributed by atoms with E-state index in [0.29, 0.717) is 31.2 Å². The Bertz CT molecular complexity index is 406. The lowest BCUT2D eigenvalue weighted by Crippen LogP contribution is -2.40. The third kappa shape index (κ3) is 6.02. The topological polar surface area (TPSA) is 47.6 Å². The molecule has 0 heterocycles. The summed E-state index contributed by atoms with van der Waals surface area (Å²) in [6, 6.07) is 5.51. The molecule has 0 aliphatic heterocycles. The van der Waals surface area contributed by atoms with Crippen LogP contribution in [-0.4, -0.2) is 32.3 Å². The summed E-state index contributed by atoms with van der Waals surface area (Å²) in [7, 11) is 1.38. The number of esters is 1. The second-order valence-electron chi connectivity index (χ2n) is 4.96. The second-order valence-corrected chi connectivity index (χ2v) is 4.96. The third-order valence-electron chi connectivity index (χ3n) is 2.77. The summed E-state index contributed by atoms with van der Waals surface area (Å²) in [5.74, 6) is 0.440. The van der Waals surface area contributed by atoms with Gasteiger partial charge < -0.3 is 14.8 Å². The van der Waals surface area contributed by atoms with Gasteiger partial charge in [-0.05, 0) is 36.6 Å². The minimum absolute atomic E-state index is 0.263. The molecule has 0 spiro atoms. The number of nitrogens with one attached hydrogen (secondary N) is 1.